The van der Waals surface area contributed by atoms with Gasteiger partial charge in [-0.2, -0.15) is 0 Å². The number of fused-ring (bicyclic) bond motifs is 1. The van der Waals surface area contributed by atoms with Crippen molar-refractivity contribution < 1.29 is 4.79 Å². The zero-order chi connectivity index (χ0) is 18.1. The summed E-state index contributed by atoms with van der Waals surface area (Å²) < 4.78 is 2.72. The molecule has 4 rings (SSSR count). The fraction of sp³-hybridized carbons (Fsp3) is 0.238. The van der Waals surface area contributed by atoms with Crippen LogP contribution in [0.25, 0.3) is 11.3 Å². The van der Waals surface area contributed by atoms with Crippen LogP contribution in [0.1, 0.15) is 24.7 Å². The summed E-state index contributed by atoms with van der Waals surface area (Å²) in [4.78, 5) is 17.3. The average molecular weight is 410 g/mol. The van der Waals surface area contributed by atoms with E-state index in [4.69, 9.17) is 4.98 Å². The van der Waals surface area contributed by atoms with Crippen LogP contribution in [-0.2, 0) is 12.8 Å². The van der Waals surface area contributed by atoms with Gasteiger partial charge in [-0.25, -0.2) is 9.78 Å². The van der Waals surface area contributed by atoms with Crippen LogP contribution < -0.4 is 5.32 Å². The van der Waals surface area contributed by atoms with Gasteiger partial charge >= 0.3 is 6.03 Å². The number of hydrogen-bond donors (Lipinski definition) is 1. The van der Waals surface area contributed by atoms with Gasteiger partial charge in [-0.3, -0.25) is 4.57 Å². The van der Waals surface area contributed by atoms with E-state index in [-0.39, 0.29) is 11.6 Å². The molecule has 1 aliphatic heterocycles. The number of halogens is 1. The molecule has 2 aromatic carbocycles. The number of carbonyl (C=O) groups excluding carboxylic acids is 1. The van der Waals surface area contributed by atoms with E-state index in [2.05, 4.69) is 40.3 Å². The van der Waals surface area contributed by atoms with Crippen molar-refractivity contribution in [2.45, 2.75) is 31.7 Å². The minimum Gasteiger partial charge on any atom is -0.332 e. The van der Waals surface area contributed by atoms with Gasteiger partial charge in [-0.15, -0.1) is 0 Å². The number of aromatic nitrogens is 2. The Kier molecular flexibility index (Phi) is 4.41. The quantitative estimate of drug-likeness (QED) is 0.671. The highest BCUT2D eigenvalue weighted by Crippen LogP contribution is 2.27. The van der Waals surface area contributed by atoms with E-state index in [0.29, 0.717) is 0 Å². The van der Waals surface area contributed by atoms with Crippen LogP contribution in [0, 0.1) is 0 Å². The van der Waals surface area contributed by atoms with Crippen LogP contribution in [-0.4, -0.2) is 21.1 Å². The Morgan fingerprint density at radius 2 is 2.00 bits per heavy atom. The first kappa shape index (κ1) is 17.0. The normalized spacial score (nSPS) is 19.1. The summed E-state index contributed by atoms with van der Waals surface area (Å²) in [6, 6.07) is 18.2. The van der Waals surface area contributed by atoms with Gasteiger partial charge in [0, 0.05) is 28.2 Å². The molecule has 1 aliphatic rings. The predicted molar refractivity (Wildman–Crippen MR) is 106 cm³/mol. The molecule has 132 valence electrons. The molecule has 0 spiro atoms. The summed E-state index contributed by atoms with van der Waals surface area (Å²) >= 11 is 3.51. The number of nitrogens with one attached hydrogen (secondary N) is 1. The molecule has 0 bridgehead atoms. The summed E-state index contributed by atoms with van der Waals surface area (Å²) in [6.07, 6.45) is 4.32. The molecule has 0 saturated carbocycles. The number of carbonyl (C=O) groups is 1. The number of rotatable bonds is 4. The summed E-state index contributed by atoms with van der Waals surface area (Å²) in [6.45, 7) is 2.10. The zero-order valence-corrected chi connectivity index (χ0v) is 16.2. The molecule has 0 saturated heterocycles. The third-order valence-corrected chi connectivity index (χ3v) is 5.37. The lowest BCUT2D eigenvalue weighted by Crippen LogP contribution is -2.54. The molecule has 3 aromatic rings. The molecule has 26 heavy (non-hydrogen) atoms. The third-order valence-electron chi connectivity index (χ3n) is 4.88. The summed E-state index contributed by atoms with van der Waals surface area (Å²) in [5.41, 5.74) is 2.83. The van der Waals surface area contributed by atoms with E-state index >= 15 is 0 Å². The first-order valence-electron chi connectivity index (χ1n) is 8.73. The lowest BCUT2D eigenvalue weighted by Gasteiger charge is -2.34. The predicted octanol–water partition coefficient (Wildman–Crippen LogP) is 4.82. The Hall–Kier alpha value is -2.40. The van der Waals surface area contributed by atoms with E-state index < -0.39 is 0 Å². The molecule has 1 aromatic heterocycles. The molecule has 0 radical (unpaired) electrons. The average Bonchev–Trinajstić information content (AvgIpc) is 3.05. The number of nitrogens with zero attached hydrogens (tertiary/aromatic N) is 2. The Balaban J connectivity index is 1.55. The molecule has 2 heterocycles. The van der Waals surface area contributed by atoms with E-state index in [1.807, 2.05) is 48.7 Å². The van der Waals surface area contributed by atoms with Crippen molar-refractivity contribution >= 4 is 22.0 Å². The number of imidazole rings is 1. The van der Waals surface area contributed by atoms with Gasteiger partial charge in [0.15, 0.2) is 0 Å². The second kappa shape index (κ2) is 6.72. The number of hydrogen-bond acceptors (Lipinski definition) is 2. The Bertz CT molecular complexity index is 951. The SMILES string of the molecule is C[C@]1(CCc2cccc(Br)c2)Cc2nc(-c3ccccc3)cn2C(=O)N1. The second-order valence-corrected chi connectivity index (χ2v) is 7.99. The van der Waals surface area contributed by atoms with E-state index in [1.165, 1.54) is 5.56 Å². The van der Waals surface area contributed by atoms with Gasteiger partial charge in [0.2, 0.25) is 0 Å². The highest BCUT2D eigenvalue weighted by atomic mass is 79.9. The number of benzene rings is 2. The zero-order valence-electron chi connectivity index (χ0n) is 14.6. The fourth-order valence-electron chi connectivity index (χ4n) is 3.44. The summed E-state index contributed by atoms with van der Waals surface area (Å²) in [7, 11) is 0. The smallest absolute Gasteiger partial charge is 0.327 e. The minimum absolute atomic E-state index is 0.0994. The molecule has 1 atom stereocenters. The van der Waals surface area contributed by atoms with Gasteiger partial charge in [-0.05, 0) is 37.5 Å². The summed E-state index contributed by atoms with van der Waals surface area (Å²) in [5.74, 6) is 0.823. The summed E-state index contributed by atoms with van der Waals surface area (Å²) in [5, 5.41) is 3.17. The molecule has 0 aliphatic carbocycles. The van der Waals surface area contributed by atoms with Crippen molar-refractivity contribution in [2.75, 3.05) is 0 Å². The lowest BCUT2D eigenvalue weighted by atomic mass is 9.88. The van der Waals surface area contributed by atoms with Crippen molar-refractivity contribution in [2.24, 2.45) is 0 Å². The molecule has 0 fully saturated rings. The maximum atomic E-state index is 12.6. The largest absolute Gasteiger partial charge is 0.332 e. The Morgan fingerprint density at radius 1 is 1.19 bits per heavy atom. The monoisotopic (exact) mass is 409 g/mol. The van der Waals surface area contributed by atoms with E-state index in [1.54, 1.807) is 4.57 Å². The minimum atomic E-state index is -0.297. The molecule has 1 N–H and O–H groups in total. The molecule has 0 unspecified atom stereocenters. The maximum absolute atomic E-state index is 12.6. The lowest BCUT2D eigenvalue weighted by molar-refractivity contribution is 0.215. The van der Waals surface area contributed by atoms with Crippen LogP contribution in [0.4, 0.5) is 4.79 Å². The highest BCUT2D eigenvalue weighted by molar-refractivity contribution is 9.10. The van der Waals surface area contributed by atoms with Crippen molar-refractivity contribution in [3.63, 3.8) is 0 Å². The van der Waals surface area contributed by atoms with E-state index in [0.717, 1.165) is 40.8 Å². The topological polar surface area (TPSA) is 46.9 Å². The molecular formula is C21H20BrN3O. The van der Waals surface area contributed by atoms with Crippen LogP contribution >= 0.6 is 15.9 Å². The van der Waals surface area contributed by atoms with Crippen molar-refractivity contribution in [3.05, 3.63) is 76.7 Å². The fourth-order valence-corrected chi connectivity index (χ4v) is 3.89. The van der Waals surface area contributed by atoms with Crippen LogP contribution in [0.15, 0.2) is 65.3 Å². The first-order chi connectivity index (χ1) is 12.5. The van der Waals surface area contributed by atoms with Crippen molar-refractivity contribution in [1.29, 1.82) is 0 Å². The van der Waals surface area contributed by atoms with Crippen LogP contribution in [0.5, 0.6) is 0 Å². The molecular weight excluding hydrogens is 390 g/mol. The van der Waals surface area contributed by atoms with Crippen molar-refractivity contribution in [1.82, 2.24) is 14.9 Å². The van der Waals surface area contributed by atoms with Gasteiger partial charge < -0.3 is 5.32 Å². The van der Waals surface area contributed by atoms with Gasteiger partial charge in [0.25, 0.3) is 0 Å². The Labute approximate surface area is 161 Å². The van der Waals surface area contributed by atoms with Crippen LogP contribution in [0.2, 0.25) is 0 Å². The second-order valence-electron chi connectivity index (χ2n) is 7.08. The standard InChI is InChI=1S/C21H20BrN3O/c1-21(11-10-15-6-5-9-17(22)12-15)13-19-23-18(14-25(19)20(26)24-21)16-7-3-2-4-8-16/h2-9,12,14H,10-11,13H2,1H3,(H,24,26)/t21-/m0/s1. The van der Waals surface area contributed by atoms with Crippen LogP contribution in [0.3, 0.4) is 0 Å². The van der Waals surface area contributed by atoms with Gasteiger partial charge in [-0.1, -0.05) is 58.4 Å². The molecule has 1 amide bonds. The molecule has 4 nitrogen and oxygen atoms in total. The third kappa shape index (κ3) is 3.44. The number of amides is 1. The van der Waals surface area contributed by atoms with Crippen molar-refractivity contribution in [3.8, 4) is 11.3 Å². The van der Waals surface area contributed by atoms with Gasteiger partial charge in [0.1, 0.15) is 5.82 Å². The maximum Gasteiger partial charge on any atom is 0.327 e. The molecule has 5 heteroatoms. The Morgan fingerprint density at radius 3 is 2.77 bits per heavy atom. The number of aryl methyl sites for hydroxylation is 1. The highest BCUT2D eigenvalue weighted by Gasteiger charge is 2.35. The van der Waals surface area contributed by atoms with E-state index in [9.17, 15) is 4.79 Å². The first-order valence-corrected chi connectivity index (χ1v) is 9.52. The van der Waals surface area contributed by atoms with Gasteiger partial charge in [0.05, 0.1) is 5.69 Å².